The Labute approximate surface area is 192 Å². The number of alkyl halides is 3. The van der Waals surface area contributed by atoms with E-state index in [1.807, 2.05) is 17.4 Å². The van der Waals surface area contributed by atoms with Crippen LogP contribution < -0.4 is 10.6 Å². The van der Waals surface area contributed by atoms with E-state index in [-0.39, 0.29) is 25.4 Å². The van der Waals surface area contributed by atoms with E-state index >= 15 is 0 Å². The number of piperidine rings is 1. The molecule has 0 aliphatic carbocycles. The second-order valence-electron chi connectivity index (χ2n) is 8.13. The van der Waals surface area contributed by atoms with Crippen molar-refractivity contribution in [1.29, 1.82) is 0 Å². The summed E-state index contributed by atoms with van der Waals surface area (Å²) in [4.78, 5) is 28.5. The zero-order chi connectivity index (χ0) is 22.9. The maximum atomic E-state index is 12.9. The molecular formula is C22H23ClF3N3O2S. The Kier molecular flexibility index (Phi) is 6.78. The summed E-state index contributed by atoms with van der Waals surface area (Å²) in [7, 11) is 0. The molecule has 0 bridgehead atoms. The van der Waals surface area contributed by atoms with Crippen LogP contribution in [0.3, 0.4) is 0 Å². The van der Waals surface area contributed by atoms with Gasteiger partial charge in [-0.2, -0.15) is 13.2 Å². The number of amides is 2. The van der Waals surface area contributed by atoms with Crippen molar-refractivity contribution in [2.24, 2.45) is 5.92 Å². The zero-order valence-corrected chi connectivity index (χ0v) is 18.7. The summed E-state index contributed by atoms with van der Waals surface area (Å²) in [6.07, 6.45) is -4.03. The van der Waals surface area contributed by atoms with Crippen molar-refractivity contribution in [3.05, 3.63) is 56.7 Å². The monoisotopic (exact) mass is 485 g/mol. The fourth-order valence-electron chi connectivity index (χ4n) is 4.30. The molecule has 32 heavy (non-hydrogen) atoms. The molecule has 0 radical (unpaired) electrons. The molecule has 3 atom stereocenters. The van der Waals surface area contributed by atoms with Crippen molar-refractivity contribution in [3.8, 4) is 0 Å². The summed E-state index contributed by atoms with van der Waals surface area (Å²) < 4.78 is 38.6. The third kappa shape index (κ3) is 5.10. The lowest BCUT2D eigenvalue weighted by atomic mass is 9.92. The lowest BCUT2D eigenvalue weighted by Gasteiger charge is -2.35. The van der Waals surface area contributed by atoms with Crippen LogP contribution in [0.2, 0.25) is 5.02 Å². The third-order valence-electron chi connectivity index (χ3n) is 6.09. The van der Waals surface area contributed by atoms with Crippen molar-refractivity contribution >= 4 is 34.8 Å². The van der Waals surface area contributed by atoms with E-state index in [0.717, 1.165) is 25.1 Å². The highest BCUT2D eigenvalue weighted by Crippen LogP contribution is 2.31. The summed E-state index contributed by atoms with van der Waals surface area (Å²) in [6, 6.07) is 7.45. The Balaban J connectivity index is 1.44. The number of hydrogen-bond acceptors (Lipinski definition) is 4. The van der Waals surface area contributed by atoms with E-state index in [4.69, 9.17) is 11.6 Å². The normalized spacial score (nSPS) is 22.7. The summed E-state index contributed by atoms with van der Waals surface area (Å²) >= 11 is 7.77. The van der Waals surface area contributed by atoms with Crippen LogP contribution >= 0.6 is 22.9 Å². The van der Waals surface area contributed by atoms with Gasteiger partial charge in [0.15, 0.2) is 0 Å². The molecule has 3 heterocycles. The van der Waals surface area contributed by atoms with Crippen LogP contribution in [-0.4, -0.2) is 42.0 Å². The number of nitrogens with zero attached hydrogens (tertiary/aromatic N) is 1. The van der Waals surface area contributed by atoms with Gasteiger partial charge in [-0.1, -0.05) is 23.7 Å². The topological polar surface area (TPSA) is 61.4 Å². The average molecular weight is 486 g/mol. The van der Waals surface area contributed by atoms with Gasteiger partial charge in [0.05, 0.1) is 6.04 Å². The van der Waals surface area contributed by atoms with Gasteiger partial charge >= 0.3 is 6.18 Å². The van der Waals surface area contributed by atoms with E-state index in [2.05, 4.69) is 21.7 Å². The van der Waals surface area contributed by atoms with Gasteiger partial charge in [0.1, 0.15) is 12.0 Å². The first-order valence-electron chi connectivity index (χ1n) is 10.4. The highest BCUT2D eigenvalue weighted by molar-refractivity contribution is 7.10. The van der Waals surface area contributed by atoms with Crippen LogP contribution in [0.15, 0.2) is 35.7 Å². The lowest BCUT2D eigenvalue weighted by Crippen LogP contribution is -2.55. The first-order valence-corrected chi connectivity index (χ1v) is 11.7. The van der Waals surface area contributed by atoms with E-state index in [1.54, 1.807) is 23.5 Å². The van der Waals surface area contributed by atoms with Crippen LogP contribution in [0.5, 0.6) is 0 Å². The maximum Gasteiger partial charge on any atom is 0.408 e. The summed E-state index contributed by atoms with van der Waals surface area (Å²) in [5.41, 5.74) is 2.23. The van der Waals surface area contributed by atoms with Crippen LogP contribution in [0.1, 0.15) is 34.9 Å². The molecule has 5 nitrogen and oxygen atoms in total. The molecule has 0 spiro atoms. The van der Waals surface area contributed by atoms with Crippen molar-refractivity contribution in [3.63, 3.8) is 0 Å². The molecule has 2 aliphatic heterocycles. The van der Waals surface area contributed by atoms with Crippen molar-refractivity contribution in [2.75, 3.05) is 13.1 Å². The van der Waals surface area contributed by atoms with Crippen molar-refractivity contribution < 1.29 is 22.8 Å². The first-order chi connectivity index (χ1) is 15.2. The van der Waals surface area contributed by atoms with Gasteiger partial charge < -0.3 is 10.6 Å². The molecule has 1 aromatic carbocycles. The van der Waals surface area contributed by atoms with E-state index in [9.17, 15) is 22.8 Å². The van der Waals surface area contributed by atoms with Crippen molar-refractivity contribution in [1.82, 2.24) is 15.5 Å². The van der Waals surface area contributed by atoms with Crippen LogP contribution in [0.4, 0.5) is 13.2 Å². The fourth-order valence-corrected chi connectivity index (χ4v) is 5.32. The van der Waals surface area contributed by atoms with Crippen molar-refractivity contribution in [2.45, 2.75) is 44.1 Å². The van der Waals surface area contributed by atoms with Gasteiger partial charge in [-0.15, -0.1) is 11.3 Å². The highest BCUT2D eigenvalue weighted by Gasteiger charge is 2.46. The van der Waals surface area contributed by atoms with E-state index in [1.165, 1.54) is 10.4 Å². The molecule has 0 saturated carbocycles. The van der Waals surface area contributed by atoms with Gasteiger partial charge in [-0.05, 0) is 54.0 Å². The van der Waals surface area contributed by atoms with Crippen LogP contribution in [-0.2, 0) is 22.6 Å². The largest absolute Gasteiger partial charge is 0.408 e. The van der Waals surface area contributed by atoms with Gasteiger partial charge in [0.25, 0.3) is 0 Å². The minimum atomic E-state index is -4.51. The number of benzene rings is 1. The molecule has 1 aromatic heterocycles. The average Bonchev–Trinajstić information content (AvgIpc) is 3.22. The standard InChI is InChI=1S/C22H23ClF3N3O2S/c23-15-3-1-13(2-4-15)17(29-9-7-18-14(12-29)8-10-32-18)11-27-20(30)16-5-6-19(22(24,25)26)28-21(16)31/h1-4,8,10,16-17,19H,5-7,9,11-12H2,(H,27,30)(H,28,31). The fraction of sp³-hybridized carbons (Fsp3) is 0.455. The number of halogens is 4. The van der Waals surface area contributed by atoms with E-state index in [0.29, 0.717) is 5.02 Å². The van der Waals surface area contributed by atoms with Gasteiger partial charge in [-0.25, -0.2) is 0 Å². The van der Waals surface area contributed by atoms with Gasteiger partial charge in [0.2, 0.25) is 11.8 Å². The predicted molar refractivity (Wildman–Crippen MR) is 116 cm³/mol. The van der Waals surface area contributed by atoms with E-state index < -0.39 is 30.0 Å². The second-order valence-corrected chi connectivity index (χ2v) is 9.57. The number of carbonyl (C=O) groups excluding carboxylic acids is 2. The molecule has 10 heteroatoms. The Hall–Kier alpha value is -2.10. The molecule has 1 fully saturated rings. The van der Waals surface area contributed by atoms with Gasteiger partial charge in [0, 0.05) is 29.5 Å². The molecule has 4 rings (SSSR count). The third-order valence-corrected chi connectivity index (χ3v) is 7.37. The van der Waals surface area contributed by atoms with Crippen LogP contribution in [0, 0.1) is 5.92 Å². The lowest BCUT2D eigenvalue weighted by molar-refractivity contribution is -0.171. The quantitative estimate of drug-likeness (QED) is 0.627. The number of rotatable bonds is 5. The minimum Gasteiger partial charge on any atom is -0.353 e. The number of hydrogen-bond donors (Lipinski definition) is 2. The summed E-state index contributed by atoms with van der Waals surface area (Å²) in [6.45, 7) is 1.79. The Morgan fingerprint density at radius 2 is 2.00 bits per heavy atom. The molecule has 172 valence electrons. The molecule has 2 aromatic rings. The molecule has 2 N–H and O–H groups in total. The molecule has 2 amide bonds. The Morgan fingerprint density at radius 1 is 1.25 bits per heavy atom. The Morgan fingerprint density at radius 3 is 2.69 bits per heavy atom. The van der Waals surface area contributed by atoms with Gasteiger partial charge in [-0.3, -0.25) is 14.5 Å². The molecule has 2 aliphatic rings. The molecule has 3 unspecified atom stereocenters. The highest BCUT2D eigenvalue weighted by atomic mass is 35.5. The second kappa shape index (κ2) is 9.41. The first kappa shape index (κ1) is 23.1. The minimum absolute atomic E-state index is 0.130. The Bertz CT molecular complexity index is 980. The SMILES string of the molecule is O=C(NCC(c1ccc(Cl)cc1)N1CCc2sccc2C1)C1CCC(C(F)(F)F)NC1=O. The zero-order valence-electron chi connectivity index (χ0n) is 17.1. The number of thiophene rings is 1. The van der Waals surface area contributed by atoms with Crippen LogP contribution in [0.25, 0.3) is 0 Å². The summed E-state index contributed by atoms with van der Waals surface area (Å²) in [5.74, 6) is -2.54. The maximum absolute atomic E-state index is 12.9. The molecular weight excluding hydrogens is 463 g/mol. The number of fused-ring (bicyclic) bond motifs is 1. The number of carbonyl (C=O) groups is 2. The molecule has 1 saturated heterocycles. The summed E-state index contributed by atoms with van der Waals surface area (Å²) in [5, 5.41) is 7.42. The number of nitrogens with one attached hydrogen (secondary N) is 2. The smallest absolute Gasteiger partial charge is 0.353 e. The predicted octanol–water partition coefficient (Wildman–Crippen LogP) is 4.07.